The van der Waals surface area contributed by atoms with Crippen LogP contribution in [-0.2, 0) is 0 Å². The van der Waals surface area contributed by atoms with Crippen LogP contribution in [0.5, 0.6) is 0 Å². The first-order valence-corrected chi connectivity index (χ1v) is 7.61. The Bertz CT molecular complexity index is 396. The predicted molar refractivity (Wildman–Crippen MR) is 95.0 cm³/mol. The van der Waals surface area contributed by atoms with Crippen LogP contribution in [0, 0.1) is 5.92 Å². The van der Waals surface area contributed by atoms with Gasteiger partial charge in [-0.25, -0.2) is 4.98 Å². The Balaban J connectivity index is 0.00000200. The summed E-state index contributed by atoms with van der Waals surface area (Å²) in [6.45, 7) is 8.87. The monoisotopic (exact) mass is 353 g/mol. The van der Waals surface area contributed by atoms with Gasteiger partial charge in [-0.1, -0.05) is 31.5 Å². The lowest BCUT2D eigenvalue weighted by molar-refractivity contribution is 0.159. The molecule has 0 bridgehead atoms. The lowest BCUT2D eigenvalue weighted by Crippen LogP contribution is -2.45. The quantitative estimate of drug-likeness (QED) is 0.811. The molecule has 1 aromatic heterocycles. The van der Waals surface area contributed by atoms with Crippen LogP contribution in [0.1, 0.15) is 38.3 Å². The van der Waals surface area contributed by atoms with Gasteiger partial charge < -0.3 is 5.32 Å². The SMILES string of the molecule is CC(C)CC[C@H](c1cccnc1Cl)N1CCNCC1.Cl.Cl. The van der Waals surface area contributed by atoms with Crippen molar-refractivity contribution in [1.82, 2.24) is 15.2 Å². The summed E-state index contributed by atoms with van der Waals surface area (Å²) in [6.07, 6.45) is 4.14. The van der Waals surface area contributed by atoms with Gasteiger partial charge in [0.15, 0.2) is 0 Å². The first kappa shape index (κ1) is 20.9. The van der Waals surface area contributed by atoms with Crippen molar-refractivity contribution in [3.8, 4) is 0 Å². The van der Waals surface area contributed by atoms with E-state index >= 15 is 0 Å². The molecule has 1 fully saturated rings. The third kappa shape index (κ3) is 6.29. The minimum Gasteiger partial charge on any atom is -0.314 e. The van der Waals surface area contributed by atoms with E-state index in [0.29, 0.717) is 11.2 Å². The molecule has 3 nitrogen and oxygen atoms in total. The highest BCUT2D eigenvalue weighted by atomic mass is 35.5. The Morgan fingerprint density at radius 2 is 1.90 bits per heavy atom. The average molecular weight is 355 g/mol. The maximum Gasteiger partial charge on any atom is 0.133 e. The van der Waals surface area contributed by atoms with Crippen molar-refractivity contribution < 1.29 is 0 Å². The van der Waals surface area contributed by atoms with Gasteiger partial charge in [0.25, 0.3) is 0 Å². The molecule has 0 aliphatic carbocycles. The van der Waals surface area contributed by atoms with Gasteiger partial charge in [-0.05, 0) is 24.8 Å². The minimum atomic E-state index is 0. The minimum absolute atomic E-state index is 0. The van der Waals surface area contributed by atoms with E-state index in [-0.39, 0.29) is 24.8 Å². The van der Waals surface area contributed by atoms with E-state index in [0.717, 1.165) is 38.5 Å². The van der Waals surface area contributed by atoms with Gasteiger partial charge >= 0.3 is 0 Å². The molecule has 21 heavy (non-hydrogen) atoms. The molecule has 0 aromatic carbocycles. The highest BCUT2D eigenvalue weighted by Gasteiger charge is 2.24. The van der Waals surface area contributed by atoms with Crippen molar-refractivity contribution in [3.63, 3.8) is 0 Å². The average Bonchev–Trinajstić information content (AvgIpc) is 2.42. The molecule has 122 valence electrons. The van der Waals surface area contributed by atoms with Crippen LogP contribution in [0.3, 0.4) is 0 Å². The van der Waals surface area contributed by atoms with Crippen LogP contribution in [0.4, 0.5) is 0 Å². The van der Waals surface area contributed by atoms with Crippen LogP contribution < -0.4 is 5.32 Å². The van der Waals surface area contributed by atoms with E-state index in [1.807, 2.05) is 6.07 Å². The van der Waals surface area contributed by atoms with Gasteiger partial charge in [-0.15, -0.1) is 24.8 Å². The molecule has 1 aliphatic rings. The zero-order chi connectivity index (χ0) is 13.7. The van der Waals surface area contributed by atoms with Gasteiger partial charge in [0, 0.05) is 44.0 Å². The molecule has 0 saturated carbocycles. The first-order valence-electron chi connectivity index (χ1n) is 7.23. The van der Waals surface area contributed by atoms with Crippen molar-refractivity contribution >= 4 is 36.4 Å². The number of nitrogens with one attached hydrogen (secondary N) is 1. The van der Waals surface area contributed by atoms with E-state index < -0.39 is 0 Å². The number of nitrogens with zero attached hydrogens (tertiary/aromatic N) is 2. The Labute approximate surface area is 145 Å². The standard InChI is InChI=1S/C15H24ClN3.2ClH/c1-12(2)5-6-14(19-10-8-17-9-11-19)13-4-3-7-18-15(13)16;;/h3-4,7,12,14,17H,5-6,8-11H2,1-2H3;2*1H/t14-;;/m1../s1. The third-order valence-corrected chi connectivity index (χ3v) is 4.07. The Morgan fingerprint density at radius 3 is 2.48 bits per heavy atom. The van der Waals surface area contributed by atoms with Crippen LogP contribution in [-0.4, -0.2) is 36.1 Å². The molecule has 2 rings (SSSR count). The number of hydrogen-bond acceptors (Lipinski definition) is 3. The van der Waals surface area contributed by atoms with Crippen molar-refractivity contribution in [3.05, 3.63) is 29.0 Å². The Kier molecular flexibility index (Phi) is 10.6. The lowest BCUT2D eigenvalue weighted by atomic mass is 9.97. The molecule has 1 N–H and O–H groups in total. The summed E-state index contributed by atoms with van der Waals surface area (Å²) in [4.78, 5) is 6.79. The zero-order valence-corrected chi connectivity index (χ0v) is 15.1. The summed E-state index contributed by atoms with van der Waals surface area (Å²) in [7, 11) is 0. The molecule has 1 atom stereocenters. The third-order valence-electron chi connectivity index (χ3n) is 3.76. The van der Waals surface area contributed by atoms with Gasteiger partial charge in [0.1, 0.15) is 5.15 Å². The lowest BCUT2D eigenvalue weighted by Gasteiger charge is -2.35. The predicted octanol–water partition coefficient (Wildman–Crippen LogP) is 3.96. The number of aromatic nitrogens is 1. The van der Waals surface area contributed by atoms with Crippen molar-refractivity contribution in [2.45, 2.75) is 32.7 Å². The molecule has 0 spiro atoms. The maximum absolute atomic E-state index is 6.30. The van der Waals surface area contributed by atoms with Crippen molar-refractivity contribution in [2.75, 3.05) is 26.2 Å². The fourth-order valence-corrected chi connectivity index (χ4v) is 2.91. The van der Waals surface area contributed by atoms with Crippen LogP contribution in [0.15, 0.2) is 18.3 Å². The smallest absolute Gasteiger partial charge is 0.133 e. The number of rotatable bonds is 5. The highest BCUT2D eigenvalue weighted by Crippen LogP contribution is 2.31. The van der Waals surface area contributed by atoms with Crippen molar-refractivity contribution in [2.24, 2.45) is 5.92 Å². The summed E-state index contributed by atoms with van der Waals surface area (Å²) in [5, 5.41) is 4.07. The molecule has 0 unspecified atom stereocenters. The van der Waals surface area contributed by atoms with E-state index in [1.165, 1.54) is 12.0 Å². The van der Waals surface area contributed by atoms with Gasteiger partial charge in [-0.3, -0.25) is 4.90 Å². The number of pyridine rings is 1. The number of piperazine rings is 1. The second-order valence-electron chi connectivity index (χ2n) is 5.66. The molecule has 0 amide bonds. The Morgan fingerprint density at radius 1 is 1.24 bits per heavy atom. The van der Waals surface area contributed by atoms with Gasteiger partial charge in [0.2, 0.25) is 0 Å². The summed E-state index contributed by atoms with van der Waals surface area (Å²) in [5.74, 6) is 0.723. The number of hydrogen-bond donors (Lipinski definition) is 1. The normalized spacial score (nSPS) is 17.0. The van der Waals surface area contributed by atoms with Gasteiger partial charge in [-0.2, -0.15) is 0 Å². The van der Waals surface area contributed by atoms with Crippen LogP contribution in [0.2, 0.25) is 5.15 Å². The maximum atomic E-state index is 6.30. The summed E-state index contributed by atoms with van der Waals surface area (Å²) in [5.41, 5.74) is 1.19. The van der Waals surface area contributed by atoms with Gasteiger partial charge in [0.05, 0.1) is 0 Å². The fourth-order valence-electron chi connectivity index (χ4n) is 2.67. The van der Waals surface area contributed by atoms with E-state index in [4.69, 9.17) is 11.6 Å². The molecule has 0 radical (unpaired) electrons. The fraction of sp³-hybridized carbons (Fsp3) is 0.667. The molecule has 2 heterocycles. The summed E-state index contributed by atoms with van der Waals surface area (Å²) < 4.78 is 0. The van der Waals surface area contributed by atoms with E-state index in [1.54, 1.807) is 6.20 Å². The van der Waals surface area contributed by atoms with E-state index in [2.05, 4.69) is 35.1 Å². The molecule has 1 saturated heterocycles. The molecule has 6 heteroatoms. The Hall–Kier alpha value is -0.0600. The highest BCUT2D eigenvalue weighted by molar-refractivity contribution is 6.30. The molecule has 1 aromatic rings. The van der Waals surface area contributed by atoms with E-state index in [9.17, 15) is 0 Å². The number of halogens is 3. The first-order chi connectivity index (χ1) is 9.18. The second-order valence-corrected chi connectivity index (χ2v) is 6.01. The molecular weight excluding hydrogens is 329 g/mol. The summed E-state index contributed by atoms with van der Waals surface area (Å²) >= 11 is 6.30. The molecule has 1 aliphatic heterocycles. The topological polar surface area (TPSA) is 28.2 Å². The zero-order valence-electron chi connectivity index (χ0n) is 12.7. The molecular formula is C15H26Cl3N3. The summed E-state index contributed by atoms with van der Waals surface area (Å²) in [6, 6.07) is 4.53. The van der Waals surface area contributed by atoms with Crippen LogP contribution >= 0.6 is 36.4 Å². The second kappa shape index (κ2) is 10.6. The van der Waals surface area contributed by atoms with Crippen molar-refractivity contribution in [1.29, 1.82) is 0 Å². The van der Waals surface area contributed by atoms with Crippen LogP contribution in [0.25, 0.3) is 0 Å². The largest absolute Gasteiger partial charge is 0.314 e.